The molecule has 0 saturated carbocycles. The Kier molecular flexibility index (Phi) is 7.45. The van der Waals surface area contributed by atoms with Crippen molar-refractivity contribution in [3.63, 3.8) is 0 Å². The average Bonchev–Trinajstić information content (AvgIpc) is 2.52. The molecule has 0 atom stereocenters. The van der Waals surface area contributed by atoms with Gasteiger partial charge in [-0.15, -0.1) is 12.4 Å². The molecule has 1 saturated heterocycles. The van der Waals surface area contributed by atoms with Crippen LogP contribution in [0, 0.1) is 5.92 Å². The summed E-state index contributed by atoms with van der Waals surface area (Å²) in [4.78, 5) is 3.03. The number of sulfonamides is 1. The number of nitrogens with one attached hydrogen (secondary N) is 1. The Balaban J connectivity index is 0.00000288. The number of hydrogen-bond donors (Lipinski definition) is 1. The first kappa shape index (κ1) is 21.1. The van der Waals surface area contributed by atoms with Crippen LogP contribution in [0.5, 0.6) is 0 Å². The maximum atomic E-state index is 12.5. The van der Waals surface area contributed by atoms with Gasteiger partial charge in [0.25, 0.3) is 0 Å². The summed E-state index contributed by atoms with van der Waals surface area (Å²) in [6, 6.07) is 1.67. The van der Waals surface area contributed by atoms with Crippen LogP contribution < -0.4 is 5.32 Å². The van der Waals surface area contributed by atoms with Gasteiger partial charge < -0.3 is 5.32 Å². The van der Waals surface area contributed by atoms with Crippen LogP contribution in [0.2, 0.25) is 0 Å². The fourth-order valence-corrected chi connectivity index (χ4v) is 3.97. The van der Waals surface area contributed by atoms with E-state index < -0.39 is 21.9 Å². The molecular weight excluding hydrogens is 367 g/mol. The molecule has 0 radical (unpaired) electrons. The standard InChI is InChI=1S/C14H20F3N3O2S.ClH/c1-2-18-9-11-5-7-20(8-6-11)23(21,22)12-3-4-13(19-10-12)14(15,16)17;/h3-4,10-11,18H,2,5-9H2,1H3;1H. The molecule has 0 aliphatic carbocycles. The van der Waals surface area contributed by atoms with Crippen LogP contribution >= 0.6 is 12.4 Å². The van der Waals surface area contributed by atoms with Gasteiger partial charge in [0.05, 0.1) is 0 Å². The second kappa shape index (κ2) is 8.46. The summed E-state index contributed by atoms with van der Waals surface area (Å²) in [5.41, 5.74) is -1.10. The van der Waals surface area contributed by atoms with Gasteiger partial charge in [0.15, 0.2) is 0 Å². The van der Waals surface area contributed by atoms with Crippen LogP contribution in [-0.2, 0) is 16.2 Å². The number of alkyl halides is 3. The number of aromatic nitrogens is 1. The first-order chi connectivity index (χ1) is 10.7. The molecule has 1 aromatic heterocycles. The fourth-order valence-electron chi connectivity index (χ4n) is 2.55. The van der Waals surface area contributed by atoms with Crippen LogP contribution in [-0.4, -0.2) is 43.9 Å². The molecule has 1 aliphatic rings. The van der Waals surface area contributed by atoms with E-state index in [4.69, 9.17) is 0 Å². The van der Waals surface area contributed by atoms with Crippen molar-refractivity contribution in [3.05, 3.63) is 24.0 Å². The van der Waals surface area contributed by atoms with E-state index >= 15 is 0 Å². The summed E-state index contributed by atoms with van der Waals surface area (Å²) >= 11 is 0. The molecule has 24 heavy (non-hydrogen) atoms. The highest BCUT2D eigenvalue weighted by atomic mass is 35.5. The summed E-state index contributed by atoms with van der Waals surface area (Å²) in [5, 5.41) is 3.24. The SMILES string of the molecule is CCNCC1CCN(S(=O)(=O)c2ccc(C(F)(F)F)nc2)CC1.Cl. The predicted molar refractivity (Wildman–Crippen MR) is 86.5 cm³/mol. The molecule has 5 nitrogen and oxygen atoms in total. The monoisotopic (exact) mass is 387 g/mol. The number of hydrogen-bond acceptors (Lipinski definition) is 4. The lowest BCUT2D eigenvalue weighted by molar-refractivity contribution is -0.141. The van der Waals surface area contributed by atoms with Gasteiger partial charge in [-0.05, 0) is 44.0 Å². The molecule has 0 spiro atoms. The van der Waals surface area contributed by atoms with E-state index in [1.54, 1.807) is 0 Å². The average molecular weight is 388 g/mol. The van der Waals surface area contributed by atoms with Crippen molar-refractivity contribution in [1.82, 2.24) is 14.6 Å². The van der Waals surface area contributed by atoms with E-state index in [1.165, 1.54) is 4.31 Å². The van der Waals surface area contributed by atoms with E-state index in [9.17, 15) is 21.6 Å². The zero-order valence-corrected chi connectivity index (χ0v) is 14.8. The number of pyridine rings is 1. The van der Waals surface area contributed by atoms with Crippen molar-refractivity contribution < 1.29 is 21.6 Å². The minimum absolute atomic E-state index is 0. The van der Waals surface area contributed by atoms with Gasteiger partial charge in [-0.3, -0.25) is 4.98 Å². The van der Waals surface area contributed by atoms with Gasteiger partial charge in [0.2, 0.25) is 10.0 Å². The molecule has 1 aliphatic heterocycles. The molecule has 0 unspecified atom stereocenters. The van der Waals surface area contributed by atoms with Crippen molar-refractivity contribution in [2.45, 2.75) is 30.8 Å². The largest absolute Gasteiger partial charge is 0.433 e. The summed E-state index contributed by atoms with van der Waals surface area (Å²) in [7, 11) is -3.79. The molecule has 1 N–H and O–H groups in total. The third-order valence-corrected chi connectivity index (χ3v) is 5.80. The van der Waals surface area contributed by atoms with Crippen LogP contribution in [0.1, 0.15) is 25.5 Å². The molecule has 10 heteroatoms. The molecule has 0 bridgehead atoms. The van der Waals surface area contributed by atoms with E-state index in [0.717, 1.165) is 38.2 Å². The van der Waals surface area contributed by atoms with Crippen LogP contribution in [0.3, 0.4) is 0 Å². The van der Waals surface area contributed by atoms with E-state index in [0.29, 0.717) is 25.1 Å². The first-order valence-electron chi connectivity index (χ1n) is 7.49. The molecular formula is C14H21ClF3N3O2S. The van der Waals surface area contributed by atoms with Crippen molar-refractivity contribution in [3.8, 4) is 0 Å². The zero-order valence-electron chi connectivity index (χ0n) is 13.2. The predicted octanol–water partition coefficient (Wildman–Crippen LogP) is 2.53. The van der Waals surface area contributed by atoms with Gasteiger partial charge >= 0.3 is 6.18 Å². The summed E-state index contributed by atoms with van der Waals surface area (Å²) in [5.74, 6) is 0.423. The molecule has 1 aromatic rings. The number of halogens is 4. The lowest BCUT2D eigenvalue weighted by Gasteiger charge is -2.31. The highest BCUT2D eigenvalue weighted by molar-refractivity contribution is 7.89. The Bertz CT molecular complexity index is 615. The van der Waals surface area contributed by atoms with E-state index in [1.807, 2.05) is 6.92 Å². The summed E-state index contributed by atoms with van der Waals surface area (Å²) in [6.07, 6.45) is -2.32. The van der Waals surface area contributed by atoms with E-state index in [-0.39, 0.29) is 17.3 Å². The molecule has 1 fully saturated rings. The van der Waals surface area contributed by atoms with Crippen molar-refractivity contribution in [2.75, 3.05) is 26.2 Å². The topological polar surface area (TPSA) is 62.3 Å². The highest BCUT2D eigenvalue weighted by Gasteiger charge is 2.34. The lowest BCUT2D eigenvalue weighted by Crippen LogP contribution is -2.40. The van der Waals surface area contributed by atoms with Crippen LogP contribution in [0.25, 0.3) is 0 Å². The van der Waals surface area contributed by atoms with E-state index in [2.05, 4.69) is 10.3 Å². The van der Waals surface area contributed by atoms with Gasteiger partial charge in [0.1, 0.15) is 10.6 Å². The Hall–Kier alpha value is -0.900. The van der Waals surface area contributed by atoms with Crippen LogP contribution in [0.15, 0.2) is 23.2 Å². The Morgan fingerprint density at radius 2 is 1.92 bits per heavy atom. The number of nitrogens with zero attached hydrogens (tertiary/aromatic N) is 2. The normalized spacial score (nSPS) is 17.5. The second-order valence-electron chi connectivity index (χ2n) is 5.53. The lowest BCUT2D eigenvalue weighted by atomic mass is 9.98. The van der Waals surface area contributed by atoms with Crippen molar-refractivity contribution in [2.24, 2.45) is 5.92 Å². The number of rotatable bonds is 5. The smallest absolute Gasteiger partial charge is 0.317 e. The summed E-state index contributed by atoms with van der Waals surface area (Å²) < 4.78 is 63.7. The van der Waals surface area contributed by atoms with Crippen molar-refractivity contribution >= 4 is 22.4 Å². The quantitative estimate of drug-likeness (QED) is 0.843. The third kappa shape index (κ3) is 5.05. The Morgan fingerprint density at radius 3 is 2.38 bits per heavy atom. The van der Waals surface area contributed by atoms with Crippen LogP contribution in [0.4, 0.5) is 13.2 Å². The maximum absolute atomic E-state index is 12.5. The number of piperidine rings is 1. The van der Waals surface area contributed by atoms with Gasteiger partial charge in [-0.2, -0.15) is 17.5 Å². The third-order valence-electron chi connectivity index (χ3n) is 3.92. The second-order valence-corrected chi connectivity index (χ2v) is 7.47. The maximum Gasteiger partial charge on any atom is 0.433 e. The minimum atomic E-state index is -4.58. The van der Waals surface area contributed by atoms with Crippen molar-refractivity contribution in [1.29, 1.82) is 0 Å². The fraction of sp³-hybridized carbons (Fsp3) is 0.643. The molecule has 0 aromatic carbocycles. The Morgan fingerprint density at radius 1 is 1.29 bits per heavy atom. The van der Waals surface area contributed by atoms with Gasteiger partial charge in [-0.1, -0.05) is 6.92 Å². The summed E-state index contributed by atoms with van der Waals surface area (Å²) in [6.45, 7) is 4.48. The minimum Gasteiger partial charge on any atom is -0.317 e. The molecule has 0 amide bonds. The zero-order chi connectivity index (χ0) is 17.1. The van der Waals surface area contributed by atoms with Gasteiger partial charge in [0, 0.05) is 19.3 Å². The first-order valence-corrected chi connectivity index (χ1v) is 8.93. The Labute approximate surface area is 146 Å². The molecule has 2 rings (SSSR count). The highest BCUT2D eigenvalue weighted by Crippen LogP contribution is 2.29. The molecule has 2 heterocycles. The molecule has 138 valence electrons. The van der Waals surface area contributed by atoms with Gasteiger partial charge in [-0.25, -0.2) is 8.42 Å².